The molecule has 1 fully saturated rings. The van der Waals surface area contributed by atoms with Gasteiger partial charge in [-0.3, -0.25) is 9.97 Å². The molecule has 2 atom stereocenters. The topological polar surface area (TPSA) is 54.2 Å². The van der Waals surface area contributed by atoms with E-state index < -0.39 is 0 Å². The maximum Gasteiger partial charge on any atom is 0.170 e. The first-order chi connectivity index (χ1) is 15.2. The largest absolute Gasteiger partial charge is 0.459 e. The van der Waals surface area contributed by atoms with Gasteiger partial charge < -0.3 is 14.6 Å². The average molecular weight is 431 g/mol. The lowest BCUT2D eigenvalue weighted by atomic mass is 10.0. The smallest absolute Gasteiger partial charge is 0.170 e. The summed E-state index contributed by atoms with van der Waals surface area (Å²) in [6.45, 7) is 0.535. The minimum atomic E-state index is -0.280. The molecule has 0 radical (unpaired) electrons. The van der Waals surface area contributed by atoms with Crippen molar-refractivity contribution in [3.8, 4) is 11.3 Å². The summed E-state index contributed by atoms with van der Waals surface area (Å²) >= 11 is 5.68. The predicted molar refractivity (Wildman–Crippen MR) is 119 cm³/mol. The van der Waals surface area contributed by atoms with Gasteiger partial charge in [0.05, 0.1) is 24.0 Å². The highest BCUT2D eigenvalue weighted by atomic mass is 32.1. The number of hydrogen-bond acceptors (Lipinski definition) is 4. The van der Waals surface area contributed by atoms with Crippen LogP contribution in [0.1, 0.15) is 29.2 Å². The van der Waals surface area contributed by atoms with E-state index in [1.165, 1.54) is 12.1 Å². The van der Waals surface area contributed by atoms with Gasteiger partial charge in [0.1, 0.15) is 23.4 Å². The number of benzene rings is 1. The second kappa shape index (κ2) is 8.28. The molecule has 0 unspecified atom stereocenters. The van der Waals surface area contributed by atoms with Gasteiger partial charge >= 0.3 is 0 Å². The summed E-state index contributed by atoms with van der Waals surface area (Å²) in [4.78, 5) is 11.1. The molecule has 0 amide bonds. The van der Waals surface area contributed by atoms with E-state index in [-0.39, 0.29) is 17.9 Å². The lowest BCUT2D eigenvalue weighted by Crippen LogP contribution is -2.29. The predicted octanol–water partition coefficient (Wildman–Crippen LogP) is 5.05. The van der Waals surface area contributed by atoms with Crippen LogP contribution < -0.4 is 5.32 Å². The Bertz CT molecular complexity index is 1180. The number of pyridine rings is 2. The Hall–Kier alpha value is -3.58. The maximum absolute atomic E-state index is 13.3. The van der Waals surface area contributed by atoms with Crippen LogP contribution in [-0.4, -0.2) is 20.0 Å². The van der Waals surface area contributed by atoms with Crippen LogP contribution in [0.3, 0.4) is 0 Å². The van der Waals surface area contributed by atoms with Crippen LogP contribution in [-0.2, 0) is 6.54 Å². The van der Waals surface area contributed by atoms with Crippen molar-refractivity contribution in [1.29, 1.82) is 0 Å². The second-order valence-corrected chi connectivity index (χ2v) is 7.67. The molecule has 0 aliphatic carbocycles. The van der Waals surface area contributed by atoms with Crippen molar-refractivity contribution in [3.63, 3.8) is 0 Å². The van der Waals surface area contributed by atoms with Crippen molar-refractivity contribution in [2.75, 3.05) is 0 Å². The van der Waals surface area contributed by atoms with Crippen molar-refractivity contribution in [2.24, 2.45) is 0 Å². The number of hydrogen-bond donors (Lipinski definition) is 1. The Morgan fingerprint density at radius 3 is 2.42 bits per heavy atom. The summed E-state index contributed by atoms with van der Waals surface area (Å²) in [6.07, 6.45) is 3.54. The van der Waals surface area contributed by atoms with Gasteiger partial charge in [-0.2, -0.15) is 0 Å². The SMILES string of the molecule is Fc1ccc(-c2ccc([C@H]3[C@@H](c4ccccn4)NC(=S)N3Cc3ccccn3)o2)cc1. The minimum absolute atomic E-state index is 0.176. The maximum atomic E-state index is 13.3. The number of aromatic nitrogens is 2. The Kier molecular flexibility index (Phi) is 5.18. The van der Waals surface area contributed by atoms with Crippen LogP contribution in [0.25, 0.3) is 11.3 Å². The molecule has 154 valence electrons. The number of nitrogens with zero attached hydrogens (tertiary/aromatic N) is 3. The summed E-state index contributed by atoms with van der Waals surface area (Å²) in [7, 11) is 0. The van der Waals surface area contributed by atoms with Crippen molar-refractivity contribution in [1.82, 2.24) is 20.2 Å². The van der Waals surface area contributed by atoms with E-state index in [1.807, 2.05) is 48.5 Å². The summed E-state index contributed by atoms with van der Waals surface area (Å²) in [6, 6.07) is 21.4. The van der Waals surface area contributed by atoms with Gasteiger partial charge in [0.25, 0.3) is 0 Å². The summed E-state index contributed by atoms with van der Waals surface area (Å²) in [5, 5.41) is 4.02. The second-order valence-electron chi connectivity index (χ2n) is 7.28. The van der Waals surface area contributed by atoms with Crippen LogP contribution in [0.2, 0.25) is 0 Å². The zero-order valence-electron chi connectivity index (χ0n) is 16.5. The van der Waals surface area contributed by atoms with E-state index in [1.54, 1.807) is 24.5 Å². The molecule has 1 aliphatic rings. The molecule has 5 nitrogen and oxygen atoms in total. The third kappa shape index (κ3) is 3.92. The molecule has 1 aliphatic heterocycles. The molecular weight excluding hydrogens is 411 g/mol. The molecular formula is C24H19FN4OS. The first-order valence-corrected chi connectivity index (χ1v) is 10.3. The van der Waals surface area contributed by atoms with Gasteiger partial charge in [0.15, 0.2) is 5.11 Å². The number of nitrogens with one attached hydrogen (secondary N) is 1. The van der Waals surface area contributed by atoms with Crippen LogP contribution >= 0.6 is 12.2 Å². The monoisotopic (exact) mass is 430 g/mol. The van der Waals surface area contributed by atoms with Crippen LogP contribution in [0, 0.1) is 5.82 Å². The first-order valence-electron chi connectivity index (χ1n) is 9.93. The van der Waals surface area contributed by atoms with Gasteiger partial charge in [-0.05, 0) is 72.9 Å². The molecule has 1 aromatic carbocycles. The Morgan fingerprint density at radius 2 is 1.71 bits per heavy atom. The molecule has 7 heteroatoms. The van der Waals surface area contributed by atoms with E-state index >= 15 is 0 Å². The minimum Gasteiger partial charge on any atom is -0.459 e. The third-order valence-corrected chi connectivity index (χ3v) is 5.66. The molecule has 1 N–H and O–H groups in total. The lowest BCUT2D eigenvalue weighted by Gasteiger charge is -2.25. The first kappa shape index (κ1) is 19.4. The normalized spacial score (nSPS) is 18.2. The standard InChI is InChI=1S/C24H19FN4OS/c25-17-9-7-16(8-10-17)20-11-12-21(30-20)23-22(19-6-2-4-14-27-19)28-24(31)29(23)15-18-5-1-3-13-26-18/h1-14,22-23H,15H2,(H,28,31)/t22-,23+/m1/s1. The van der Waals surface area contributed by atoms with Gasteiger partial charge in [-0.1, -0.05) is 12.1 Å². The molecule has 5 rings (SSSR count). The van der Waals surface area contributed by atoms with Crippen LogP contribution in [0.5, 0.6) is 0 Å². The zero-order chi connectivity index (χ0) is 21.2. The number of halogens is 1. The molecule has 4 heterocycles. The number of rotatable bonds is 5. The molecule has 3 aromatic heterocycles. The molecule has 31 heavy (non-hydrogen) atoms. The summed E-state index contributed by atoms with van der Waals surface area (Å²) in [5.41, 5.74) is 2.59. The highest BCUT2D eigenvalue weighted by Crippen LogP contribution is 2.41. The quantitative estimate of drug-likeness (QED) is 0.447. The highest BCUT2D eigenvalue weighted by molar-refractivity contribution is 7.80. The van der Waals surface area contributed by atoms with Gasteiger partial charge in [-0.25, -0.2) is 4.39 Å². The Balaban J connectivity index is 1.53. The van der Waals surface area contributed by atoms with Crippen molar-refractivity contribution in [2.45, 2.75) is 18.6 Å². The van der Waals surface area contributed by atoms with Gasteiger partial charge in [0, 0.05) is 18.0 Å². The molecule has 1 saturated heterocycles. The van der Waals surface area contributed by atoms with E-state index in [0.717, 1.165) is 22.7 Å². The van der Waals surface area contributed by atoms with E-state index in [2.05, 4.69) is 20.2 Å². The molecule has 0 spiro atoms. The van der Waals surface area contributed by atoms with Crippen molar-refractivity contribution in [3.05, 3.63) is 108 Å². The van der Waals surface area contributed by atoms with Crippen molar-refractivity contribution < 1.29 is 8.81 Å². The van der Waals surface area contributed by atoms with Crippen LogP contribution in [0.4, 0.5) is 4.39 Å². The van der Waals surface area contributed by atoms with Crippen LogP contribution in [0.15, 0.2) is 89.6 Å². The number of thiocarbonyl (C=S) groups is 1. The molecule has 4 aromatic rings. The third-order valence-electron chi connectivity index (χ3n) is 5.30. The number of furan rings is 1. The Morgan fingerprint density at radius 1 is 0.935 bits per heavy atom. The van der Waals surface area contributed by atoms with Gasteiger partial charge in [-0.15, -0.1) is 0 Å². The fourth-order valence-corrected chi connectivity index (χ4v) is 4.14. The van der Waals surface area contributed by atoms with Gasteiger partial charge in [0.2, 0.25) is 0 Å². The Labute approximate surface area is 184 Å². The average Bonchev–Trinajstić information content (AvgIpc) is 3.41. The summed E-state index contributed by atoms with van der Waals surface area (Å²) in [5.74, 6) is 1.14. The fourth-order valence-electron chi connectivity index (χ4n) is 3.83. The zero-order valence-corrected chi connectivity index (χ0v) is 17.3. The molecule has 0 saturated carbocycles. The lowest BCUT2D eigenvalue weighted by molar-refractivity contribution is 0.267. The van der Waals surface area contributed by atoms with E-state index in [0.29, 0.717) is 17.4 Å². The van der Waals surface area contributed by atoms with E-state index in [4.69, 9.17) is 16.6 Å². The molecule has 0 bridgehead atoms. The fraction of sp³-hybridized carbons (Fsp3) is 0.125. The highest BCUT2D eigenvalue weighted by Gasteiger charge is 2.41. The van der Waals surface area contributed by atoms with Crippen molar-refractivity contribution >= 4 is 17.3 Å². The summed E-state index contributed by atoms with van der Waals surface area (Å²) < 4.78 is 19.6. The van der Waals surface area contributed by atoms with E-state index in [9.17, 15) is 4.39 Å².